The maximum Gasteiger partial charge on any atom is 0.128 e. The van der Waals surface area contributed by atoms with E-state index in [0.717, 1.165) is 0 Å². The minimum absolute atomic E-state index is 0. The Balaban J connectivity index is -0.00000112. The summed E-state index contributed by atoms with van der Waals surface area (Å²) in [6.07, 6.45) is 5.34. The highest BCUT2D eigenvalue weighted by atomic mass is 127. The van der Waals surface area contributed by atoms with E-state index in [1.807, 2.05) is 0 Å². The summed E-state index contributed by atoms with van der Waals surface area (Å²) in [4.78, 5) is 0. The second-order valence-corrected chi connectivity index (χ2v) is 6.47. The van der Waals surface area contributed by atoms with Gasteiger partial charge < -0.3 is 56.9 Å². The highest BCUT2D eigenvalue weighted by Gasteiger charge is 2.21. The third-order valence-corrected chi connectivity index (χ3v) is 3.54. The number of unbranched alkanes of at least 4 members (excludes halogenated alkanes) is 2. The van der Waals surface area contributed by atoms with Crippen molar-refractivity contribution in [1.29, 1.82) is 0 Å². The molecule has 0 spiro atoms. The van der Waals surface area contributed by atoms with Gasteiger partial charge in [0, 0.05) is 0 Å². The van der Waals surface area contributed by atoms with Gasteiger partial charge in [0.25, 0.3) is 0 Å². The maximum absolute atomic E-state index is 2.37. The molecule has 0 aliphatic rings. The molecule has 0 aliphatic heterocycles. The molecule has 0 saturated carbocycles. The van der Waals surface area contributed by atoms with E-state index in [9.17, 15) is 0 Å². The van der Waals surface area contributed by atoms with E-state index in [1.54, 1.807) is 0 Å². The molecule has 0 saturated heterocycles. The van der Waals surface area contributed by atoms with Crippen LogP contribution in [-0.2, 0) is 0 Å². The van der Waals surface area contributed by atoms with Crippen LogP contribution in [-0.4, -0.2) is 63.3 Å². The van der Waals surface area contributed by atoms with Crippen LogP contribution in [0.1, 0.15) is 39.5 Å². The molecule has 0 aromatic carbocycles. The van der Waals surface area contributed by atoms with Gasteiger partial charge in [-0.25, -0.2) is 0 Å². The molecule has 0 heterocycles. The van der Waals surface area contributed by atoms with Crippen LogP contribution in [0.4, 0.5) is 0 Å². The summed E-state index contributed by atoms with van der Waals surface area (Å²) in [5, 5.41) is 0. The molecule has 0 bridgehead atoms. The molecule has 0 rings (SSSR count). The topological polar surface area (TPSA) is 0 Å². The fraction of sp³-hybridized carbons (Fsp3) is 1.00. The molecule has 2 nitrogen and oxygen atoms in total. The zero-order valence-corrected chi connectivity index (χ0v) is 17.6. The van der Waals surface area contributed by atoms with E-state index in [4.69, 9.17) is 0 Å². The monoisotopic (exact) mass is 484 g/mol. The van der Waals surface area contributed by atoms with Crippen molar-refractivity contribution in [2.45, 2.75) is 39.5 Å². The molecule has 0 amide bonds. The summed E-state index contributed by atoms with van der Waals surface area (Å²) in [6, 6.07) is 0. The Hall–Kier alpha value is 1.38. The van der Waals surface area contributed by atoms with E-state index >= 15 is 0 Å². The lowest BCUT2D eigenvalue weighted by Crippen LogP contribution is -3.00. The summed E-state index contributed by atoms with van der Waals surface area (Å²) in [7, 11) is 9.48. The molecule has 0 aliphatic carbocycles. The predicted octanol–water partition coefficient (Wildman–Crippen LogP) is -3.25. The van der Waals surface area contributed by atoms with E-state index in [0.29, 0.717) is 0 Å². The summed E-state index contributed by atoms with van der Waals surface area (Å²) in [6.45, 7) is 9.81. The smallest absolute Gasteiger partial charge is 0.128 e. The summed E-state index contributed by atoms with van der Waals surface area (Å²) < 4.78 is 2.36. The van der Waals surface area contributed by atoms with Crippen molar-refractivity contribution in [3.05, 3.63) is 0 Å². The summed E-state index contributed by atoms with van der Waals surface area (Å²) >= 11 is 0. The SMILES string of the molecule is CCCC[N+](C)(C)CC[N+](C)(C)CCCC.[I-].[I-]. The van der Waals surface area contributed by atoms with Crippen LogP contribution < -0.4 is 48.0 Å². The van der Waals surface area contributed by atoms with Gasteiger partial charge in [0.15, 0.2) is 0 Å². The number of nitrogens with zero attached hydrogens (tertiary/aromatic N) is 2. The number of likely N-dealkylation sites (N-methyl/N-ethyl adjacent to an activating group) is 2. The number of rotatable bonds is 9. The lowest BCUT2D eigenvalue weighted by atomic mass is 10.2. The lowest BCUT2D eigenvalue weighted by molar-refractivity contribution is -0.946. The van der Waals surface area contributed by atoms with Gasteiger partial charge in [0.05, 0.1) is 41.3 Å². The van der Waals surface area contributed by atoms with E-state index in [-0.39, 0.29) is 48.0 Å². The van der Waals surface area contributed by atoms with Gasteiger partial charge >= 0.3 is 0 Å². The van der Waals surface area contributed by atoms with Crippen LogP contribution in [0.15, 0.2) is 0 Å². The van der Waals surface area contributed by atoms with Gasteiger partial charge in [0.1, 0.15) is 13.1 Å². The Bertz CT molecular complexity index is 163. The Kier molecular flexibility index (Phi) is 16.5. The van der Waals surface area contributed by atoms with Crippen molar-refractivity contribution in [1.82, 2.24) is 0 Å². The van der Waals surface area contributed by atoms with Crippen molar-refractivity contribution in [3.8, 4) is 0 Å². The Morgan fingerprint density at radius 1 is 0.556 bits per heavy atom. The standard InChI is InChI=1S/C14H34N2.2HI/c1-7-9-11-15(3,4)13-14-16(5,6)12-10-8-2;;/h7-14H2,1-6H3;2*1H/q+2;;/p-2. The van der Waals surface area contributed by atoms with Crippen LogP contribution >= 0.6 is 0 Å². The molecule has 114 valence electrons. The summed E-state index contributed by atoms with van der Waals surface area (Å²) in [5.41, 5.74) is 0. The fourth-order valence-electron chi connectivity index (χ4n) is 1.94. The molecule has 0 fully saturated rings. The molecule has 0 radical (unpaired) electrons. The highest BCUT2D eigenvalue weighted by molar-refractivity contribution is 4.40. The number of hydrogen-bond donors (Lipinski definition) is 0. The molecule has 18 heavy (non-hydrogen) atoms. The van der Waals surface area contributed by atoms with Crippen LogP contribution in [0, 0.1) is 0 Å². The van der Waals surface area contributed by atoms with Crippen LogP contribution in [0.3, 0.4) is 0 Å². The quantitative estimate of drug-likeness (QED) is 0.239. The molecule has 4 heteroatoms. The Morgan fingerprint density at radius 3 is 1.06 bits per heavy atom. The molecule has 0 unspecified atom stereocenters. The number of quaternary nitrogens is 2. The summed E-state index contributed by atoms with van der Waals surface area (Å²) in [5.74, 6) is 0. The third-order valence-electron chi connectivity index (χ3n) is 3.54. The van der Waals surface area contributed by atoms with Crippen molar-refractivity contribution in [3.63, 3.8) is 0 Å². The normalized spacial score (nSPS) is 11.7. The first-order chi connectivity index (χ1) is 7.33. The van der Waals surface area contributed by atoms with Crippen molar-refractivity contribution in [2.24, 2.45) is 0 Å². The van der Waals surface area contributed by atoms with Gasteiger partial charge in [0.2, 0.25) is 0 Å². The first kappa shape index (κ1) is 24.4. The van der Waals surface area contributed by atoms with Crippen molar-refractivity contribution >= 4 is 0 Å². The molecule has 0 atom stereocenters. The third kappa shape index (κ3) is 13.8. The molecule has 0 aromatic heterocycles. The van der Waals surface area contributed by atoms with Gasteiger partial charge in [-0.2, -0.15) is 0 Å². The largest absolute Gasteiger partial charge is 1.00 e. The first-order valence-corrected chi connectivity index (χ1v) is 6.97. The Labute approximate surface area is 150 Å². The molecular weight excluding hydrogens is 450 g/mol. The molecule has 0 aromatic rings. The van der Waals surface area contributed by atoms with Crippen LogP contribution in [0.25, 0.3) is 0 Å². The zero-order valence-electron chi connectivity index (χ0n) is 13.3. The second kappa shape index (κ2) is 12.1. The van der Waals surface area contributed by atoms with Crippen LogP contribution in [0.5, 0.6) is 0 Å². The number of hydrogen-bond acceptors (Lipinski definition) is 0. The lowest BCUT2D eigenvalue weighted by Gasteiger charge is -2.35. The zero-order chi connectivity index (χ0) is 12.7. The average molecular weight is 484 g/mol. The predicted molar refractivity (Wildman–Crippen MR) is 73.5 cm³/mol. The Morgan fingerprint density at radius 2 is 0.833 bits per heavy atom. The average Bonchev–Trinajstić information content (AvgIpc) is 2.22. The van der Waals surface area contributed by atoms with Crippen molar-refractivity contribution < 1.29 is 56.9 Å². The van der Waals surface area contributed by atoms with Gasteiger partial charge in [-0.3, -0.25) is 0 Å². The second-order valence-electron chi connectivity index (χ2n) is 6.47. The fourth-order valence-corrected chi connectivity index (χ4v) is 1.94. The van der Waals surface area contributed by atoms with Gasteiger partial charge in [-0.15, -0.1) is 0 Å². The van der Waals surface area contributed by atoms with E-state index in [1.165, 1.54) is 60.8 Å². The minimum atomic E-state index is 0. The minimum Gasteiger partial charge on any atom is -1.00 e. The van der Waals surface area contributed by atoms with Gasteiger partial charge in [-0.05, 0) is 12.8 Å². The van der Waals surface area contributed by atoms with E-state index < -0.39 is 0 Å². The van der Waals surface area contributed by atoms with Gasteiger partial charge in [-0.1, -0.05) is 26.7 Å². The molecule has 0 N–H and O–H groups in total. The van der Waals surface area contributed by atoms with E-state index in [2.05, 4.69) is 42.0 Å². The highest BCUT2D eigenvalue weighted by Crippen LogP contribution is 2.06. The van der Waals surface area contributed by atoms with Crippen LogP contribution in [0.2, 0.25) is 0 Å². The van der Waals surface area contributed by atoms with Crippen molar-refractivity contribution in [2.75, 3.05) is 54.4 Å². The molecular formula is C14H34I2N2. The first-order valence-electron chi connectivity index (χ1n) is 6.97. The maximum atomic E-state index is 2.37. The number of halogens is 2.